The van der Waals surface area contributed by atoms with E-state index < -0.39 is 6.09 Å². The van der Waals surface area contributed by atoms with Crippen LogP contribution in [0.25, 0.3) is 0 Å². The second-order valence-electron chi connectivity index (χ2n) is 4.95. The van der Waals surface area contributed by atoms with Gasteiger partial charge in [0.15, 0.2) is 0 Å². The van der Waals surface area contributed by atoms with Crippen molar-refractivity contribution >= 4 is 11.8 Å². The number of fused-ring (bicyclic) bond motifs is 2. The van der Waals surface area contributed by atoms with Crippen molar-refractivity contribution < 1.29 is 9.90 Å². The Morgan fingerprint density at radius 1 is 1.41 bits per heavy atom. The van der Waals surface area contributed by atoms with Gasteiger partial charge in [-0.2, -0.15) is 0 Å². The lowest BCUT2D eigenvalue weighted by atomic mass is 9.99. The number of hydrogen-bond acceptors (Lipinski definition) is 2. The zero-order valence-corrected chi connectivity index (χ0v) is 9.65. The summed E-state index contributed by atoms with van der Waals surface area (Å²) in [4.78, 5) is 12.7. The smallest absolute Gasteiger partial charge is 0.404 e. The molecule has 0 aromatic heterocycles. The maximum atomic E-state index is 10.4. The molecule has 90 valence electrons. The van der Waals surface area contributed by atoms with Gasteiger partial charge in [-0.25, -0.2) is 4.79 Å². The van der Waals surface area contributed by atoms with Gasteiger partial charge in [-0.15, -0.1) is 0 Å². The molecular formula is C13H16N2O2. The summed E-state index contributed by atoms with van der Waals surface area (Å²) in [6.07, 6.45) is 1.60. The number of benzene rings is 1. The first kappa shape index (κ1) is 10.4. The van der Waals surface area contributed by atoms with E-state index in [1.807, 2.05) is 0 Å². The quantitative estimate of drug-likeness (QED) is 0.835. The third kappa shape index (κ3) is 1.73. The van der Waals surface area contributed by atoms with Crippen LogP contribution < -0.4 is 10.2 Å². The van der Waals surface area contributed by atoms with Crippen molar-refractivity contribution in [3.63, 3.8) is 0 Å². The van der Waals surface area contributed by atoms with Crippen LogP contribution in [0, 0.1) is 0 Å². The number of para-hydroxylation sites is 1. The van der Waals surface area contributed by atoms with Gasteiger partial charge in [0.1, 0.15) is 0 Å². The number of rotatable bonds is 3. The minimum absolute atomic E-state index is 0.389. The fourth-order valence-electron chi connectivity index (χ4n) is 2.81. The molecule has 0 bridgehead atoms. The van der Waals surface area contributed by atoms with Gasteiger partial charge in [0.25, 0.3) is 0 Å². The van der Waals surface area contributed by atoms with Gasteiger partial charge in [-0.05, 0) is 24.5 Å². The van der Waals surface area contributed by atoms with Gasteiger partial charge in [0, 0.05) is 30.7 Å². The lowest BCUT2D eigenvalue weighted by Gasteiger charge is -2.19. The van der Waals surface area contributed by atoms with Crippen LogP contribution in [0.3, 0.4) is 0 Å². The van der Waals surface area contributed by atoms with Gasteiger partial charge in [-0.1, -0.05) is 18.2 Å². The Balaban J connectivity index is 1.73. The average Bonchev–Trinajstić information content (AvgIpc) is 3.01. The number of hydrogen-bond donors (Lipinski definition) is 2. The van der Waals surface area contributed by atoms with E-state index in [0.717, 1.165) is 13.1 Å². The zero-order chi connectivity index (χ0) is 11.9. The van der Waals surface area contributed by atoms with Gasteiger partial charge >= 0.3 is 6.09 Å². The topological polar surface area (TPSA) is 52.6 Å². The Morgan fingerprint density at radius 3 is 2.88 bits per heavy atom. The Kier molecular flexibility index (Phi) is 2.24. The molecule has 2 aliphatic rings. The maximum absolute atomic E-state index is 10.4. The molecule has 1 aliphatic heterocycles. The normalized spacial score (nSPS) is 19.2. The second kappa shape index (κ2) is 3.65. The lowest BCUT2D eigenvalue weighted by molar-refractivity contribution is 0.195. The molecule has 1 saturated carbocycles. The van der Waals surface area contributed by atoms with E-state index in [-0.39, 0.29) is 0 Å². The van der Waals surface area contributed by atoms with Crippen molar-refractivity contribution in [2.24, 2.45) is 0 Å². The summed E-state index contributed by atoms with van der Waals surface area (Å²) in [6, 6.07) is 8.51. The highest BCUT2D eigenvalue weighted by Gasteiger charge is 2.51. The Hall–Kier alpha value is -1.71. The Bertz CT molecular complexity index is 454. The first-order chi connectivity index (χ1) is 8.21. The fraction of sp³-hybridized carbons (Fsp3) is 0.462. The van der Waals surface area contributed by atoms with Gasteiger partial charge in [0.05, 0.1) is 0 Å². The van der Waals surface area contributed by atoms with Crippen molar-refractivity contribution in [2.45, 2.75) is 18.3 Å². The highest BCUT2D eigenvalue weighted by Crippen LogP contribution is 2.56. The van der Waals surface area contributed by atoms with E-state index >= 15 is 0 Å². The van der Waals surface area contributed by atoms with Crippen molar-refractivity contribution in [2.75, 3.05) is 24.5 Å². The molecule has 4 nitrogen and oxygen atoms in total. The minimum atomic E-state index is -0.946. The summed E-state index contributed by atoms with van der Waals surface area (Å²) < 4.78 is 0. The number of carboxylic acid groups (broad SMARTS) is 1. The highest BCUT2D eigenvalue weighted by molar-refractivity contribution is 5.66. The van der Waals surface area contributed by atoms with Crippen molar-refractivity contribution in [1.29, 1.82) is 0 Å². The predicted octanol–water partition coefficient (Wildman–Crippen LogP) is 1.81. The van der Waals surface area contributed by atoms with E-state index in [4.69, 9.17) is 5.11 Å². The Labute approximate surface area is 100 Å². The molecule has 3 rings (SSSR count). The van der Waals surface area contributed by atoms with Crippen LogP contribution in [0.15, 0.2) is 24.3 Å². The molecule has 0 radical (unpaired) electrons. The molecule has 2 N–H and O–H groups in total. The van der Waals surface area contributed by atoms with E-state index in [9.17, 15) is 4.79 Å². The SMILES string of the molecule is O=C(O)NCCN1CC2(CC2)c2ccccc21. The van der Waals surface area contributed by atoms with Gasteiger partial charge in [-0.3, -0.25) is 0 Å². The van der Waals surface area contributed by atoms with Crippen LogP contribution in [0.1, 0.15) is 18.4 Å². The van der Waals surface area contributed by atoms with Crippen LogP contribution >= 0.6 is 0 Å². The van der Waals surface area contributed by atoms with E-state index in [1.54, 1.807) is 0 Å². The number of anilines is 1. The largest absolute Gasteiger partial charge is 0.465 e. The molecule has 1 heterocycles. The van der Waals surface area contributed by atoms with Crippen LogP contribution in [-0.2, 0) is 5.41 Å². The molecule has 4 heteroatoms. The summed E-state index contributed by atoms with van der Waals surface area (Å²) in [5, 5.41) is 11.0. The summed E-state index contributed by atoms with van der Waals surface area (Å²) in [5.74, 6) is 0. The predicted molar refractivity (Wildman–Crippen MR) is 65.6 cm³/mol. The highest BCUT2D eigenvalue weighted by atomic mass is 16.4. The minimum Gasteiger partial charge on any atom is -0.465 e. The van der Waals surface area contributed by atoms with Crippen LogP contribution in [0.2, 0.25) is 0 Å². The second-order valence-corrected chi connectivity index (χ2v) is 4.95. The molecule has 1 aromatic rings. The van der Waals surface area contributed by atoms with Gasteiger partial charge < -0.3 is 15.3 Å². The van der Waals surface area contributed by atoms with Gasteiger partial charge in [0.2, 0.25) is 0 Å². The number of nitrogens with one attached hydrogen (secondary N) is 1. The monoisotopic (exact) mass is 232 g/mol. The molecule has 1 spiro atoms. The standard InChI is InChI=1S/C13H16N2O2/c16-12(17)14-7-8-15-9-13(5-6-13)10-3-1-2-4-11(10)15/h1-4,14H,5-9H2,(H,16,17). The summed E-state index contributed by atoms with van der Waals surface area (Å²) >= 11 is 0. The van der Waals surface area contributed by atoms with Crippen molar-refractivity contribution in [3.8, 4) is 0 Å². The molecule has 0 saturated heterocycles. The summed E-state index contributed by atoms with van der Waals surface area (Å²) in [5.41, 5.74) is 3.13. The molecule has 1 fully saturated rings. The number of nitrogens with zero attached hydrogens (tertiary/aromatic N) is 1. The van der Waals surface area contributed by atoms with Crippen molar-refractivity contribution in [3.05, 3.63) is 29.8 Å². The number of amides is 1. The molecule has 17 heavy (non-hydrogen) atoms. The van der Waals surface area contributed by atoms with Crippen LogP contribution in [-0.4, -0.2) is 30.8 Å². The molecule has 1 amide bonds. The number of carbonyl (C=O) groups is 1. The van der Waals surface area contributed by atoms with Crippen LogP contribution in [0.4, 0.5) is 10.5 Å². The Morgan fingerprint density at radius 2 is 2.18 bits per heavy atom. The zero-order valence-electron chi connectivity index (χ0n) is 9.65. The molecule has 1 aliphatic carbocycles. The summed E-state index contributed by atoms with van der Waals surface area (Å²) in [7, 11) is 0. The third-order valence-electron chi connectivity index (χ3n) is 3.82. The fourth-order valence-corrected chi connectivity index (χ4v) is 2.81. The average molecular weight is 232 g/mol. The van der Waals surface area contributed by atoms with E-state index in [1.165, 1.54) is 24.1 Å². The first-order valence-corrected chi connectivity index (χ1v) is 6.03. The van der Waals surface area contributed by atoms with E-state index in [2.05, 4.69) is 34.5 Å². The molecule has 1 aromatic carbocycles. The van der Waals surface area contributed by atoms with E-state index in [0.29, 0.717) is 12.0 Å². The molecular weight excluding hydrogens is 216 g/mol. The molecule has 0 atom stereocenters. The summed E-state index contributed by atoms with van der Waals surface area (Å²) in [6.45, 7) is 2.29. The maximum Gasteiger partial charge on any atom is 0.404 e. The third-order valence-corrected chi connectivity index (χ3v) is 3.82. The molecule has 0 unspecified atom stereocenters. The lowest BCUT2D eigenvalue weighted by Crippen LogP contribution is -2.34. The van der Waals surface area contributed by atoms with Crippen LogP contribution in [0.5, 0.6) is 0 Å². The first-order valence-electron chi connectivity index (χ1n) is 6.03. The van der Waals surface area contributed by atoms with Crippen molar-refractivity contribution in [1.82, 2.24) is 5.32 Å².